The van der Waals surface area contributed by atoms with Gasteiger partial charge in [0.25, 0.3) is 0 Å². The van der Waals surface area contributed by atoms with Crippen LogP contribution in [0.15, 0.2) is 24.3 Å². The number of hydrogen-bond acceptors (Lipinski definition) is 2. The Hall–Kier alpha value is -1.56. The second kappa shape index (κ2) is 6.69. The van der Waals surface area contributed by atoms with E-state index in [0.717, 1.165) is 31.6 Å². The molecular formula is C16H21F3N2O. The molecule has 0 saturated carbocycles. The maximum Gasteiger partial charge on any atom is 0.416 e. The molecule has 2 unspecified atom stereocenters. The van der Waals surface area contributed by atoms with E-state index in [1.54, 1.807) is 0 Å². The summed E-state index contributed by atoms with van der Waals surface area (Å²) in [6.07, 6.45) is -3.26. The summed E-state index contributed by atoms with van der Waals surface area (Å²) in [6.45, 7) is 6.20. The Kier molecular flexibility index (Phi) is 5.11. The summed E-state index contributed by atoms with van der Waals surface area (Å²) in [7, 11) is 0. The van der Waals surface area contributed by atoms with E-state index in [1.165, 1.54) is 12.1 Å². The molecule has 1 fully saturated rings. The van der Waals surface area contributed by atoms with Gasteiger partial charge in [0.05, 0.1) is 12.1 Å². The molecule has 0 aliphatic carbocycles. The molecule has 0 bridgehead atoms. The zero-order chi connectivity index (χ0) is 16.3. The van der Waals surface area contributed by atoms with Crippen LogP contribution in [-0.2, 0) is 11.0 Å². The molecule has 1 amide bonds. The second-order valence-corrected chi connectivity index (χ2v) is 6.27. The zero-order valence-corrected chi connectivity index (χ0v) is 12.8. The zero-order valence-electron chi connectivity index (χ0n) is 12.8. The standard InChI is InChI=1S/C16H21F3N2O/c1-11-6-12(2)9-21(8-11)10-15(22)20-14-5-3-4-13(7-14)16(17,18)19/h3-5,7,11-12H,6,8-10H2,1-2H3,(H,20,22). The molecule has 1 aromatic carbocycles. The van der Waals surface area contributed by atoms with Gasteiger partial charge in [-0.2, -0.15) is 13.2 Å². The van der Waals surface area contributed by atoms with Crippen molar-refractivity contribution in [2.24, 2.45) is 11.8 Å². The third kappa shape index (κ3) is 4.73. The van der Waals surface area contributed by atoms with Gasteiger partial charge in [-0.15, -0.1) is 0 Å². The second-order valence-electron chi connectivity index (χ2n) is 6.27. The largest absolute Gasteiger partial charge is 0.416 e. The number of piperidine rings is 1. The fourth-order valence-electron chi connectivity index (χ4n) is 3.10. The Morgan fingerprint density at radius 2 is 1.91 bits per heavy atom. The van der Waals surface area contributed by atoms with Crippen molar-refractivity contribution in [2.75, 3.05) is 25.0 Å². The molecule has 0 radical (unpaired) electrons. The smallest absolute Gasteiger partial charge is 0.325 e. The fourth-order valence-corrected chi connectivity index (χ4v) is 3.10. The van der Waals surface area contributed by atoms with E-state index in [-0.39, 0.29) is 18.1 Å². The molecule has 1 saturated heterocycles. The molecule has 3 nitrogen and oxygen atoms in total. The molecule has 1 aromatic rings. The number of nitrogens with one attached hydrogen (secondary N) is 1. The summed E-state index contributed by atoms with van der Waals surface area (Å²) in [4.78, 5) is 14.1. The Bertz CT molecular complexity index is 520. The molecule has 6 heteroatoms. The number of anilines is 1. The van der Waals surface area contributed by atoms with Crippen LogP contribution >= 0.6 is 0 Å². The summed E-state index contributed by atoms with van der Waals surface area (Å²) in [5, 5.41) is 2.55. The third-order valence-electron chi connectivity index (χ3n) is 3.79. The first kappa shape index (κ1) is 16.8. The van der Waals surface area contributed by atoms with Crippen molar-refractivity contribution in [3.8, 4) is 0 Å². The number of carbonyl (C=O) groups excluding carboxylic acids is 1. The normalized spacial score (nSPS) is 23.3. The number of halogens is 3. The van der Waals surface area contributed by atoms with E-state index >= 15 is 0 Å². The van der Waals surface area contributed by atoms with Gasteiger partial charge in [0.15, 0.2) is 0 Å². The van der Waals surface area contributed by atoms with Crippen LogP contribution in [0.25, 0.3) is 0 Å². The van der Waals surface area contributed by atoms with Crippen LogP contribution in [0.1, 0.15) is 25.8 Å². The van der Waals surface area contributed by atoms with Crippen LogP contribution in [-0.4, -0.2) is 30.4 Å². The topological polar surface area (TPSA) is 32.3 Å². The number of hydrogen-bond donors (Lipinski definition) is 1. The number of carbonyl (C=O) groups is 1. The van der Waals surface area contributed by atoms with Crippen molar-refractivity contribution in [3.63, 3.8) is 0 Å². The number of benzene rings is 1. The van der Waals surface area contributed by atoms with Crippen molar-refractivity contribution in [3.05, 3.63) is 29.8 Å². The number of alkyl halides is 3. The highest BCUT2D eigenvalue weighted by Gasteiger charge is 2.30. The van der Waals surface area contributed by atoms with Crippen LogP contribution < -0.4 is 5.32 Å². The first-order chi connectivity index (χ1) is 10.2. The molecular weight excluding hydrogens is 293 g/mol. The van der Waals surface area contributed by atoms with E-state index < -0.39 is 11.7 Å². The lowest BCUT2D eigenvalue weighted by atomic mass is 9.92. The number of likely N-dealkylation sites (tertiary alicyclic amines) is 1. The molecule has 1 heterocycles. The number of nitrogens with zero attached hydrogens (tertiary/aromatic N) is 1. The van der Waals surface area contributed by atoms with E-state index in [4.69, 9.17) is 0 Å². The molecule has 2 atom stereocenters. The highest BCUT2D eigenvalue weighted by atomic mass is 19.4. The van der Waals surface area contributed by atoms with Crippen molar-refractivity contribution >= 4 is 11.6 Å². The van der Waals surface area contributed by atoms with Crippen molar-refractivity contribution < 1.29 is 18.0 Å². The molecule has 1 N–H and O–H groups in total. The van der Waals surface area contributed by atoms with Crippen LogP contribution in [0.5, 0.6) is 0 Å². The SMILES string of the molecule is CC1CC(C)CN(CC(=O)Nc2cccc(C(F)(F)F)c2)C1. The molecule has 2 rings (SSSR count). The Labute approximate surface area is 128 Å². The monoisotopic (exact) mass is 314 g/mol. The van der Waals surface area contributed by atoms with Crippen molar-refractivity contribution in [2.45, 2.75) is 26.4 Å². The minimum absolute atomic E-state index is 0.179. The summed E-state index contributed by atoms with van der Waals surface area (Å²) < 4.78 is 37.9. The number of rotatable bonds is 3. The van der Waals surface area contributed by atoms with Crippen LogP contribution in [0.4, 0.5) is 18.9 Å². The van der Waals surface area contributed by atoms with Gasteiger partial charge < -0.3 is 5.32 Å². The molecule has 1 aliphatic rings. The minimum atomic E-state index is -4.40. The first-order valence-corrected chi connectivity index (χ1v) is 7.43. The Morgan fingerprint density at radius 3 is 2.50 bits per heavy atom. The van der Waals surface area contributed by atoms with Gasteiger partial charge in [-0.3, -0.25) is 9.69 Å². The third-order valence-corrected chi connectivity index (χ3v) is 3.79. The predicted molar refractivity (Wildman–Crippen MR) is 79.5 cm³/mol. The summed E-state index contributed by atoms with van der Waals surface area (Å²) in [5.74, 6) is 0.788. The fraction of sp³-hybridized carbons (Fsp3) is 0.562. The quantitative estimate of drug-likeness (QED) is 0.924. The van der Waals surface area contributed by atoms with Gasteiger partial charge in [0, 0.05) is 18.8 Å². The highest BCUT2D eigenvalue weighted by Crippen LogP contribution is 2.30. The van der Waals surface area contributed by atoms with E-state index in [2.05, 4.69) is 24.1 Å². The molecule has 22 heavy (non-hydrogen) atoms. The van der Waals surface area contributed by atoms with E-state index in [1.807, 2.05) is 0 Å². The number of amides is 1. The average Bonchev–Trinajstić information content (AvgIpc) is 2.36. The molecule has 1 aliphatic heterocycles. The first-order valence-electron chi connectivity index (χ1n) is 7.43. The lowest BCUT2D eigenvalue weighted by Gasteiger charge is -2.34. The average molecular weight is 314 g/mol. The Morgan fingerprint density at radius 1 is 1.27 bits per heavy atom. The van der Waals surface area contributed by atoms with E-state index in [0.29, 0.717) is 11.8 Å². The lowest BCUT2D eigenvalue weighted by molar-refractivity contribution is -0.137. The van der Waals surface area contributed by atoms with Gasteiger partial charge >= 0.3 is 6.18 Å². The summed E-state index contributed by atoms with van der Waals surface area (Å²) in [6, 6.07) is 4.71. The van der Waals surface area contributed by atoms with Crippen LogP contribution in [0, 0.1) is 11.8 Å². The Balaban J connectivity index is 1.95. The minimum Gasteiger partial charge on any atom is -0.325 e. The van der Waals surface area contributed by atoms with Crippen molar-refractivity contribution in [1.82, 2.24) is 4.90 Å². The molecule has 0 aromatic heterocycles. The maximum absolute atomic E-state index is 12.6. The molecule has 122 valence electrons. The maximum atomic E-state index is 12.6. The van der Waals surface area contributed by atoms with Gasteiger partial charge in [-0.05, 0) is 36.5 Å². The van der Waals surface area contributed by atoms with Crippen LogP contribution in [0.3, 0.4) is 0 Å². The van der Waals surface area contributed by atoms with Gasteiger partial charge in [-0.25, -0.2) is 0 Å². The van der Waals surface area contributed by atoms with Gasteiger partial charge in [0.1, 0.15) is 0 Å². The summed E-state index contributed by atoms with van der Waals surface area (Å²) in [5.41, 5.74) is -0.580. The summed E-state index contributed by atoms with van der Waals surface area (Å²) >= 11 is 0. The van der Waals surface area contributed by atoms with Gasteiger partial charge in [0.2, 0.25) is 5.91 Å². The highest BCUT2D eigenvalue weighted by molar-refractivity contribution is 5.92. The van der Waals surface area contributed by atoms with Crippen LogP contribution in [0.2, 0.25) is 0 Å². The van der Waals surface area contributed by atoms with Crippen molar-refractivity contribution in [1.29, 1.82) is 0 Å². The predicted octanol–water partition coefficient (Wildman–Crippen LogP) is 3.62. The lowest BCUT2D eigenvalue weighted by Crippen LogP contribution is -2.42. The van der Waals surface area contributed by atoms with Gasteiger partial charge in [-0.1, -0.05) is 19.9 Å². The van der Waals surface area contributed by atoms with E-state index in [9.17, 15) is 18.0 Å². The molecule has 0 spiro atoms.